The number of hydrogen-bond donors (Lipinski definition) is 2. The maximum Gasteiger partial charge on any atom is 0.270 e. The van der Waals surface area contributed by atoms with Crippen molar-refractivity contribution in [3.05, 3.63) is 24.0 Å². The fourth-order valence-electron chi connectivity index (χ4n) is 1.42. The molecule has 2 N–H and O–H groups in total. The van der Waals surface area contributed by atoms with Gasteiger partial charge >= 0.3 is 0 Å². The Bertz CT molecular complexity index is 551. The van der Waals surface area contributed by atoms with E-state index in [0.29, 0.717) is 17.8 Å². The molecule has 0 aromatic carbocycles. The van der Waals surface area contributed by atoms with E-state index in [2.05, 4.69) is 31.0 Å². The molecule has 0 radical (unpaired) electrons. The largest absolute Gasteiger partial charge is 0.385 e. The molecule has 2 aromatic heterocycles. The summed E-state index contributed by atoms with van der Waals surface area (Å²) in [5, 5.41) is 16.8. The van der Waals surface area contributed by atoms with Crippen LogP contribution in [0.4, 0.5) is 11.6 Å². The van der Waals surface area contributed by atoms with E-state index in [1.807, 2.05) is 6.92 Å². The molecule has 94 valence electrons. The molecule has 0 spiro atoms. The molecule has 0 bridgehead atoms. The number of nitrogens with one attached hydrogen (secondary N) is 2. The van der Waals surface area contributed by atoms with Crippen molar-refractivity contribution in [3.8, 4) is 0 Å². The predicted molar refractivity (Wildman–Crippen MR) is 65.2 cm³/mol. The zero-order chi connectivity index (χ0) is 13.0. The van der Waals surface area contributed by atoms with Crippen molar-refractivity contribution < 1.29 is 4.79 Å². The molecule has 0 fully saturated rings. The molecule has 1 amide bonds. The number of carbonyl (C=O) groups is 1. The van der Waals surface area contributed by atoms with E-state index in [-0.39, 0.29) is 11.9 Å². The van der Waals surface area contributed by atoms with Gasteiger partial charge < -0.3 is 5.32 Å². The average molecular weight is 247 g/mol. The Kier molecular flexibility index (Phi) is 3.46. The Balaban J connectivity index is 2.18. The van der Waals surface area contributed by atoms with E-state index in [1.54, 1.807) is 19.3 Å². The molecular formula is C10H13N7O. The van der Waals surface area contributed by atoms with Crippen LogP contribution in [0.15, 0.2) is 18.5 Å². The van der Waals surface area contributed by atoms with Crippen LogP contribution in [0.1, 0.15) is 17.3 Å². The normalized spacial score (nSPS) is 10.1. The lowest BCUT2D eigenvalue weighted by molar-refractivity contribution is 0.102. The molecular weight excluding hydrogens is 234 g/mol. The van der Waals surface area contributed by atoms with Crippen LogP contribution in [-0.2, 0) is 7.05 Å². The van der Waals surface area contributed by atoms with E-state index < -0.39 is 0 Å². The molecule has 0 unspecified atom stereocenters. The van der Waals surface area contributed by atoms with Gasteiger partial charge in [-0.15, -0.1) is 5.10 Å². The van der Waals surface area contributed by atoms with E-state index in [1.165, 1.54) is 11.0 Å². The third-order valence-corrected chi connectivity index (χ3v) is 2.17. The summed E-state index contributed by atoms with van der Waals surface area (Å²) < 4.78 is 0. The summed E-state index contributed by atoms with van der Waals surface area (Å²) in [6.45, 7) is 2.67. The summed E-state index contributed by atoms with van der Waals surface area (Å²) in [5.74, 6) is -0.166. The summed E-state index contributed by atoms with van der Waals surface area (Å²) in [6.07, 6.45) is 3.11. The second-order valence-corrected chi connectivity index (χ2v) is 3.51. The first-order chi connectivity index (χ1) is 8.70. The second-order valence-electron chi connectivity index (χ2n) is 3.51. The number of rotatable bonds is 4. The SMILES string of the molecule is CCNc1ccncc1C(=O)Nc1nnn(C)n1. The molecule has 0 atom stereocenters. The number of aromatic nitrogens is 5. The van der Waals surface area contributed by atoms with E-state index in [9.17, 15) is 4.79 Å². The smallest absolute Gasteiger partial charge is 0.270 e. The van der Waals surface area contributed by atoms with E-state index >= 15 is 0 Å². The maximum atomic E-state index is 12.0. The molecule has 0 saturated heterocycles. The van der Waals surface area contributed by atoms with Crippen molar-refractivity contribution in [2.24, 2.45) is 7.05 Å². The van der Waals surface area contributed by atoms with Gasteiger partial charge in [-0.25, -0.2) is 0 Å². The highest BCUT2D eigenvalue weighted by atomic mass is 16.1. The standard InChI is InChI=1S/C10H13N7O/c1-3-12-8-4-5-11-6-7(8)9(18)13-10-14-16-17(2)15-10/h4-6H,3H2,1-2H3,(H,11,12)(H,13,15,18). The minimum absolute atomic E-state index is 0.161. The lowest BCUT2D eigenvalue weighted by Gasteiger charge is -2.08. The van der Waals surface area contributed by atoms with Crippen LogP contribution in [0.25, 0.3) is 0 Å². The Morgan fingerprint density at radius 3 is 3.00 bits per heavy atom. The summed E-state index contributed by atoms with van der Waals surface area (Å²) in [5.41, 5.74) is 1.15. The van der Waals surface area contributed by atoms with Gasteiger partial charge in [0.05, 0.1) is 18.3 Å². The number of pyridine rings is 1. The van der Waals surface area contributed by atoms with Gasteiger partial charge in [-0.05, 0) is 18.2 Å². The van der Waals surface area contributed by atoms with Crippen molar-refractivity contribution in [2.45, 2.75) is 6.92 Å². The van der Waals surface area contributed by atoms with Crippen LogP contribution in [0.5, 0.6) is 0 Å². The predicted octanol–water partition coefficient (Wildman–Crippen LogP) is 0.289. The lowest BCUT2D eigenvalue weighted by Crippen LogP contribution is -2.16. The van der Waals surface area contributed by atoms with Gasteiger partial charge in [0.25, 0.3) is 11.9 Å². The Morgan fingerprint density at radius 1 is 1.50 bits per heavy atom. The zero-order valence-electron chi connectivity index (χ0n) is 10.1. The quantitative estimate of drug-likeness (QED) is 0.805. The van der Waals surface area contributed by atoms with Gasteiger partial charge in [0.15, 0.2) is 0 Å². The van der Waals surface area contributed by atoms with Gasteiger partial charge in [0, 0.05) is 18.9 Å². The Hall–Kier alpha value is -2.51. The summed E-state index contributed by atoms with van der Waals surface area (Å²) in [7, 11) is 1.62. The van der Waals surface area contributed by atoms with Crippen LogP contribution >= 0.6 is 0 Å². The molecule has 0 aliphatic rings. The highest BCUT2D eigenvalue weighted by Gasteiger charge is 2.13. The molecule has 8 heteroatoms. The third-order valence-electron chi connectivity index (χ3n) is 2.17. The highest BCUT2D eigenvalue weighted by molar-refractivity contribution is 6.06. The lowest BCUT2D eigenvalue weighted by atomic mass is 10.2. The number of aryl methyl sites for hydroxylation is 1. The highest BCUT2D eigenvalue weighted by Crippen LogP contribution is 2.14. The first-order valence-electron chi connectivity index (χ1n) is 5.44. The molecule has 0 saturated carbocycles. The van der Waals surface area contributed by atoms with Crippen LogP contribution in [-0.4, -0.2) is 37.6 Å². The molecule has 2 rings (SSSR count). The molecule has 18 heavy (non-hydrogen) atoms. The fraction of sp³-hybridized carbons (Fsp3) is 0.300. The summed E-state index contributed by atoms with van der Waals surface area (Å²) in [4.78, 5) is 17.2. The van der Waals surface area contributed by atoms with Gasteiger partial charge in [-0.1, -0.05) is 5.10 Å². The van der Waals surface area contributed by atoms with Crippen LogP contribution in [0, 0.1) is 0 Å². The molecule has 0 aliphatic heterocycles. The number of hydrogen-bond acceptors (Lipinski definition) is 6. The van der Waals surface area contributed by atoms with Gasteiger partial charge in [-0.2, -0.15) is 4.80 Å². The Labute approximate surface area is 103 Å². The van der Waals surface area contributed by atoms with Gasteiger partial charge in [0.2, 0.25) is 0 Å². The fourth-order valence-corrected chi connectivity index (χ4v) is 1.42. The van der Waals surface area contributed by atoms with Crippen molar-refractivity contribution >= 4 is 17.5 Å². The number of carbonyl (C=O) groups excluding carboxylic acids is 1. The van der Waals surface area contributed by atoms with Crippen molar-refractivity contribution in [1.82, 2.24) is 25.2 Å². The minimum Gasteiger partial charge on any atom is -0.385 e. The van der Waals surface area contributed by atoms with Crippen molar-refractivity contribution in [3.63, 3.8) is 0 Å². The maximum absolute atomic E-state index is 12.0. The third kappa shape index (κ3) is 2.59. The van der Waals surface area contributed by atoms with Gasteiger partial charge in [0.1, 0.15) is 0 Å². The van der Waals surface area contributed by atoms with Gasteiger partial charge in [-0.3, -0.25) is 15.1 Å². The minimum atomic E-state index is -0.327. The Morgan fingerprint density at radius 2 is 2.33 bits per heavy atom. The first kappa shape index (κ1) is 12.0. The monoisotopic (exact) mass is 247 g/mol. The van der Waals surface area contributed by atoms with Crippen molar-refractivity contribution in [2.75, 3.05) is 17.2 Å². The van der Waals surface area contributed by atoms with Crippen molar-refractivity contribution in [1.29, 1.82) is 0 Å². The summed E-state index contributed by atoms with van der Waals surface area (Å²) >= 11 is 0. The number of tetrazole rings is 1. The van der Waals surface area contributed by atoms with E-state index in [4.69, 9.17) is 0 Å². The summed E-state index contributed by atoms with van der Waals surface area (Å²) in [6, 6.07) is 1.74. The molecule has 8 nitrogen and oxygen atoms in total. The molecule has 2 aromatic rings. The van der Waals surface area contributed by atoms with E-state index in [0.717, 1.165) is 0 Å². The number of amides is 1. The number of anilines is 2. The average Bonchev–Trinajstić information content (AvgIpc) is 2.76. The molecule has 2 heterocycles. The van der Waals surface area contributed by atoms with Crippen LogP contribution in [0.2, 0.25) is 0 Å². The first-order valence-corrected chi connectivity index (χ1v) is 5.44. The van der Waals surface area contributed by atoms with Crippen LogP contribution in [0.3, 0.4) is 0 Å². The topological polar surface area (TPSA) is 97.6 Å². The second kappa shape index (κ2) is 5.21. The number of nitrogens with zero attached hydrogens (tertiary/aromatic N) is 5. The zero-order valence-corrected chi connectivity index (χ0v) is 10.1. The molecule has 0 aliphatic carbocycles. The van der Waals surface area contributed by atoms with Crippen LogP contribution < -0.4 is 10.6 Å².